The van der Waals surface area contributed by atoms with Crippen molar-refractivity contribution in [2.45, 2.75) is 39.2 Å². The molecule has 0 aliphatic heterocycles. The highest BCUT2D eigenvalue weighted by molar-refractivity contribution is 5.28. The van der Waals surface area contributed by atoms with Crippen LogP contribution in [0.4, 0.5) is 0 Å². The SMILES string of the molecule is CCCOc1ccc(CCC(O)c2ccc(C)cc2)cc1. The first-order valence-corrected chi connectivity index (χ1v) is 7.65. The standard InChI is InChI=1S/C19H24O2/c1-3-14-21-18-11-6-16(7-12-18)8-13-19(20)17-9-4-15(2)5-10-17/h4-7,9-12,19-20H,3,8,13-14H2,1-2H3. The Morgan fingerprint density at radius 3 is 2.29 bits per heavy atom. The van der Waals surface area contributed by atoms with E-state index >= 15 is 0 Å². The zero-order chi connectivity index (χ0) is 15.1. The summed E-state index contributed by atoms with van der Waals surface area (Å²) in [6, 6.07) is 16.2. The number of aryl methyl sites for hydroxylation is 2. The monoisotopic (exact) mass is 284 g/mol. The van der Waals surface area contributed by atoms with Gasteiger partial charge in [0.15, 0.2) is 0 Å². The van der Waals surface area contributed by atoms with Gasteiger partial charge in [-0.15, -0.1) is 0 Å². The van der Waals surface area contributed by atoms with E-state index < -0.39 is 6.10 Å². The lowest BCUT2D eigenvalue weighted by atomic mass is 10.0. The van der Waals surface area contributed by atoms with E-state index in [-0.39, 0.29) is 0 Å². The van der Waals surface area contributed by atoms with E-state index in [4.69, 9.17) is 4.74 Å². The van der Waals surface area contributed by atoms with Crippen LogP contribution < -0.4 is 4.74 Å². The molecule has 0 saturated heterocycles. The van der Waals surface area contributed by atoms with Crippen molar-refractivity contribution in [3.05, 3.63) is 65.2 Å². The van der Waals surface area contributed by atoms with Crippen molar-refractivity contribution in [1.82, 2.24) is 0 Å². The number of hydrogen-bond donors (Lipinski definition) is 1. The average molecular weight is 284 g/mol. The summed E-state index contributed by atoms with van der Waals surface area (Å²) >= 11 is 0. The van der Waals surface area contributed by atoms with Gasteiger partial charge in [-0.1, -0.05) is 48.9 Å². The maximum absolute atomic E-state index is 10.2. The molecule has 0 spiro atoms. The first-order chi connectivity index (χ1) is 10.2. The smallest absolute Gasteiger partial charge is 0.119 e. The molecule has 0 saturated carbocycles. The Kier molecular flexibility index (Phi) is 5.82. The molecule has 0 bridgehead atoms. The van der Waals surface area contributed by atoms with Crippen LogP contribution in [0.1, 0.15) is 42.6 Å². The minimum atomic E-state index is -0.401. The van der Waals surface area contributed by atoms with Gasteiger partial charge in [-0.05, 0) is 49.4 Å². The Labute approximate surface area is 127 Å². The van der Waals surface area contributed by atoms with Gasteiger partial charge in [-0.2, -0.15) is 0 Å². The van der Waals surface area contributed by atoms with Crippen molar-refractivity contribution < 1.29 is 9.84 Å². The molecular formula is C19H24O2. The Hall–Kier alpha value is -1.80. The molecule has 2 rings (SSSR count). The topological polar surface area (TPSA) is 29.5 Å². The van der Waals surface area contributed by atoms with Crippen LogP contribution in [0.2, 0.25) is 0 Å². The summed E-state index contributed by atoms with van der Waals surface area (Å²) in [4.78, 5) is 0. The zero-order valence-corrected chi connectivity index (χ0v) is 12.9. The van der Waals surface area contributed by atoms with E-state index in [2.05, 4.69) is 26.0 Å². The quantitative estimate of drug-likeness (QED) is 0.814. The molecule has 1 unspecified atom stereocenters. The molecule has 2 aromatic rings. The molecule has 2 nitrogen and oxygen atoms in total. The molecule has 0 amide bonds. The molecule has 2 aromatic carbocycles. The third-order valence-corrected chi connectivity index (χ3v) is 3.56. The normalized spacial score (nSPS) is 12.1. The van der Waals surface area contributed by atoms with Crippen LogP contribution in [-0.2, 0) is 6.42 Å². The second-order valence-electron chi connectivity index (χ2n) is 5.46. The molecule has 112 valence electrons. The number of hydrogen-bond acceptors (Lipinski definition) is 2. The van der Waals surface area contributed by atoms with Crippen molar-refractivity contribution in [1.29, 1.82) is 0 Å². The summed E-state index contributed by atoms with van der Waals surface area (Å²) in [6.07, 6.45) is 2.22. The second-order valence-corrected chi connectivity index (χ2v) is 5.46. The highest BCUT2D eigenvalue weighted by Crippen LogP contribution is 2.20. The number of aliphatic hydroxyl groups is 1. The first kappa shape index (κ1) is 15.6. The lowest BCUT2D eigenvalue weighted by Gasteiger charge is -2.11. The van der Waals surface area contributed by atoms with Gasteiger partial charge in [0.25, 0.3) is 0 Å². The number of aliphatic hydroxyl groups excluding tert-OH is 1. The summed E-state index contributed by atoms with van der Waals surface area (Å²) in [5.74, 6) is 0.916. The van der Waals surface area contributed by atoms with Crippen molar-refractivity contribution in [2.75, 3.05) is 6.61 Å². The fraction of sp³-hybridized carbons (Fsp3) is 0.368. The predicted molar refractivity (Wildman–Crippen MR) is 86.7 cm³/mol. The van der Waals surface area contributed by atoms with Crippen LogP contribution >= 0.6 is 0 Å². The molecule has 21 heavy (non-hydrogen) atoms. The van der Waals surface area contributed by atoms with Crippen molar-refractivity contribution in [2.24, 2.45) is 0 Å². The van der Waals surface area contributed by atoms with Crippen molar-refractivity contribution in [3.63, 3.8) is 0 Å². The molecule has 0 aromatic heterocycles. The van der Waals surface area contributed by atoms with E-state index in [9.17, 15) is 5.11 Å². The van der Waals surface area contributed by atoms with Gasteiger partial charge >= 0.3 is 0 Å². The van der Waals surface area contributed by atoms with E-state index in [1.54, 1.807) is 0 Å². The third-order valence-electron chi connectivity index (χ3n) is 3.56. The molecule has 0 aliphatic carbocycles. The fourth-order valence-corrected chi connectivity index (χ4v) is 2.23. The minimum Gasteiger partial charge on any atom is -0.494 e. The minimum absolute atomic E-state index is 0.401. The summed E-state index contributed by atoms with van der Waals surface area (Å²) in [7, 11) is 0. The largest absolute Gasteiger partial charge is 0.494 e. The van der Waals surface area contributed by atoms with Crippen LogP contribution in [0.3, 0.4) is 0 Å². The van der Waals surface area contributed by atoms with Gasteiger partial charge in [0, 0.05) is 0 Å². The molecular weight excluding hydrogens is 260 g/mol. The lowest BCUT2D eigenvalue weighted by Crippen LogP contribution is -2.00. The first-order valence-electron chi connectivity index (χ1n) is 7.65. The third kappa shape index (κ3) is 4.91. The van der Waals surface area contributed by atoms with Crippen molar-refractivity contribution in [3.8, 4) is 5.75 Å². The average Bonchev–Trinajstić information content (AvgIpc) is 2.52. The lowest BCUT2D eigenvalue weighted by molar-refractivity contribution is 0.168. The molecule has 1 atom stereocenters. The second kappa shape index (κ2) is 7.84. The summed E-state index contributed by atoms with van der Waals surface area (Å²) in [5.41, 5.74) is 3.43. The van der Waals surface area contributed by atoms with Gasteiger partial charge in [0.05, 0.1) is 12.7 Å². The van der Waals surface area contributed by atoms with E-state index in [0.29, 0.717) is 0 Å². The Bertz CT molecular complexity index is 528. The predicted octanol–water partition coefficient (Wildman–Crippen LogP) is 4.45. The van der Waals surface area contributed by atoms with Gasteiger partial charge < -0.3 is 9.84 Å². The molecule has 0 radical (unpaired) electrons. The van der Waals surface area contributed by atoms with Crippen LogP contribution in [0.25, 0.3) is 0 Å². The molecule has 0 heterocycles. The molecule has 0 fully saturated rings. The summed E-state index contributed by atoms with van der Waals surface area (Å²) in [5, 5.41) is 10.2. The maximum atomic E-state index is 10.2. The Morgan fingerprint density at radius 1 is 1.00 bits per heavy atom. The van der Waals surface area contributed by atoms with E-state index in [0.717, 1.165) is 37.2 Å². The van der Waals surface area contributed by atoms with Crippen LogP contribution in [-0.4, -0.2) is 11.7 Å². The van der Waals surface area contributed by atoms with Gasteiger partial charge in [-0.25, -0.2) is 0 Å². The highest BCUT2D eigenvalue weighted by atomic mass is 16.5. The maximum Gasteiger partial charge on any atom is 0.119 e. The van der Waals surface area contributed by atoms with E-state index in [1.807, 2.05) is 36.4 Å². The molecule has 0 aliphatic rings. The Morgan fingerprint density at radius 2 is 1.67 bits per heavy atom. The van der Waals surface area contributed by atoms with Crippen molar-refractivity contribution >= 4 is 0 Å². The number of benzene rings is 2. The summed E-state index contributed by atoms with van der Waals surface area (Å²) in [6.45, 7) is 4.91. The highest BCUT2D eigenvalue weighted by Gasteiger charge is 2.07. The van der Waals surface area contributed by atoms with Gasteiger partial charge in [0.2, 0.25) is 0 Å². The fourth-order valence-electron chi connectivity index (χ4n) is 2.23. The number of rotatable bonds is 7. The van der Waals surface area contributed by atoms with Gasteiger partial charge in [0.1, 0.15) is 5.75 Å². The number of ether oxygens (including phenoxy) is 1. The van der Waals surface area contributed by atoms with Crippen LogP contribution in [0, 0.1) is 6.92 Å². The Balaban J connectivity index is 1.86. The van der Waals surface area contributed by atoms with Crippen LogP contribution in [0.15, 0.2) is 48.5 Å². The molecule has 1 N–H and O–H groups in total. The zero-order valence-electron chi connectivity index (χ0n) is 12.9. The van der Waals surface area contributed by atoms with Crippen LogP contribution in [0.5, 0.6) is 5.75 Å². The summed E-state index contributed by atoms with van der Waals surface area (Å²) < 4.78 is 5.57. The van der Waals surface area contributed by atoms with E-state index in [1.165, 1.54) is 11.1 Å². The van der Waals surface area contributed by atoms with Gasteiger partial charge in [-0.3, -0.25) is 0 Å². The molecule has 2 heteroatoms.